The van der Waals surface area contributed by atoms with Gasteiger partial charge < -0.3 is 10.3 Å². The fourth-order valence-electron chi connectivity index (χ4n) is 1.55. The first-order valence-electron chi connectivity index (χ1n) is 4.95. The summed E-state index contributed by atoms with van der Waals surface area (Å²) < 4.78 is 5.27. The van der Waals surface area contributed by atoms with Gasteiger partial charge in [0.25, 0.3) is 0 Å². The molecule has 4 heteroatoms. The summed E-state index contributed by atoms with van der Waals surface area (Å²) >= 11 is 1.64. The van der Waals surface area contributed by atoms with E-state index < -0.39 is 0 Å². The van der Waals surface area contributed by atoms with Gasteiger partial charge in [0, 0.05) is 16.5 Å². The van der Waals surface area contributed by atoms with Crippen molar-refractivity contribution in [3.05, 3.63) is 22.4 Å². The van der Waals surface area contributed by atoms with Gasteiger partial charge >= 0.3 is 0 Å². The second-order valence-electron chi connectivity index (χ2n) is 3.99. The Morgan fingerprint density at radius 3 is 2.93 bits per heavy atom. The van der Waals surface area contributed by atoms with Crippen LogP contribution in [0.15, 0.2) is 21.3 Å². The summed E-state index contributed by atoms with van der Waals surface area (Å²) in [6, 6.07) is 2.02. The van der Waals surface area contributed by atoms with Gasteiger partial charge in [-0.05, 0) is 23.8 Å². The molecule has 2 aromatic heterocycles. The molecule has 2 rings (SSSR count). The van der Waals surface area contributed by atoms with Gasteiger partial charge in [-0.15, -0.1) is 0 Å². The molecule has 80 valence electrons. The van der Waals surface area contributed by atoms with Crippen molar-refractivity contribution >= 4 is 17.2 Å². The van der Waals surface area contributed by atoms with Gasteiger partial charge in [-0.3, -0.25) is 0 Å². The Kier molecular flexibility index (Phi) is 2.77. The molecule has 2 heterocycles. The number of nitrogens with zero attached hydrogens (tertiary/aromatic N) is 1. The third-order valence-electron chi connectivity index (χ3n) is 2.21. The standard InChI is InChI=1S/C11H14N2OS/c1-7(2)5-9-10(14-13-11(9)12)8-3-4-15-6-8/h3-4,6-7H,5H2,1-2H3,(H2,12,13). The highest BCUT2D eigenvalue weighted by Gasteiger charge is 2.16. The van der Waals surface area contributed by atoms with Gasteiger partial charge in [0.2, 0.25) is 0 Å². The SMILES string of the molecule is CC(C)Cc1c(N)noc1-c1ccsc1. The van der Waals surface area contributed by atoms with Crippen LogP contribution < -0.4 is 5.73 Å². The van der Waals surface area contributed by atoms with Crippen LogP contribution >= 0.6 is 11.3 Å². The van der Waals surface area contributed by atoms with E-state index in [0.717, 1.165) is 23.3 Å². The lowest BCUT2D eigenvalue weighted by Gasteiger charge is -2.03. The number of thiophene rings is 1. The molecule has 0 saturated heterocycles. The first kappa shape index (κ1) is 10.2. The molecular formula is C11H14N2OS. The molecule has 0 spiro atoms. The third-order valence-corrected chi connectivity index (χ3v) is 2.90. The van der Waals surface area contributed by atoms with Crippen molar-refractivity contribution in [1.82, 2.24) is 5.16 Å². The minimum absolute atomic E-state index is 0.518. The highest BCUT2D eigenvalue weighted by Crippen LogP contribution is 2.30. The van der Waals surface area contributed by atoms with Crippen molar-refractivity contribution in [2.24, 2.45) is 5.92 Å². The Hall–Kier alpha value is -1.29. The summed E-state index contributed by atoms with van der Waals surface area (Å²) in [5.74, 6) is 1.89. The van der Waals surface area contributed by atoms with E-state index in [0.29, 0.717) is 11.7 Å². The van der Waals surface area contributed by atoms with E-state index in [2.05, 4.69) is 19.0 Å². The maximum Gasteiger partial charge on any atom is 0.173 e. The summed E-state index contributed by atoms with van der Waals surface area (Å²) in [7, 11) is 0. The minimum Gasteiger partial charge on any atom is -0.381 e. The average Bonchev–Trinajstić information content (AvgIpc) is 2.76. The zero-order valence-electron chi connectivity index (χ0n) is 8.86. The number of anilines is 1. The zero-order chi connectivity index (χ0) is 10.8. The molecule has 0 unspecified atom stereocenters. The fourth-order valence-corrected chi connectivity index (χ4v) is 2.18. The summed E-state index contributed by atoms with van der Waals surface area (Å²) in [6.07, 6.45) is 0.903. The molecule has 0 saturated carbocycles. The first-order valence-corrected chi connectivity index (χ1v) is 5.89. The Balaban J connectivity index is 2.40. The molecule has 0 amide bonds. The highest BCUT2D eigenvalue weighted by atomic mass is 32.1. The first-order chi connectivity index (χ1) is 7.18. The number of rotatable bonds is 3. The van der Waals surface area contributed by atoms with E-state index in [4.69, 9.17) is 10.3 Å². The Morgan fingerprint density at radius 2 is 2.33 bits per heavy atom. The molecule has 0 aliphatic rings. The maximum atomic E-state index is 5.79. The normalized spacial score (nSPS) is 11.1. The van der Waals surface area contributed by atoms with Gasteiger partial charge in [-0.25, -0.2) is 0 Å². The van der Waals surface area contributed by atoms with Crippen molar-refractivity contribution in [3.63, 3.8) is 0 Å². The predicted molar refractivity (Wildman–Crippen MR) is 62.8 cm³/mol. The van der Waals surface area contributed by atoms with Crippen LogP contribution in [0.5, 0.6) is 0 Å². The molecular weight excluding hydrogens is 208 g/mol. The van der Waals surface area contributed by atoms with Gasteiger partial charge in [-0.2, -0.15) is 11.3 Å². The van der Waals surface area contributed by atoms with Crippen LogP contribution in [0.3, 0.4) is 0 Å². The lowest BCUT2D eigenvalue weighted by Crippen LogP contribution is -1.98. The van der Waals surface area contributed by atoms with Crippen molar-refractivity contribution in [3.8, 4) is 11.3 Å². The van der Waals surface area contributed by atoms with E-state index in [1.807, 2.05) is 16.8 Å². The number of hydrogen-bond acceptors (Lipinski definition) is 4. The van der Waals surface area contributed by atoms with Crippen molar-refractivity contribution in [1.29, 1.82) is 0 Å². The van der Waals surface area contributed by atoms with Gasteiger partial charge in [-0.1, -0.05) is 19.0 Å². The van der Waals surface area contributed by atoms with Crippen LogP contribution in [0.4, 0.5) is 5.82 Å². The Bertz CT molecular complexity index is 431. The van der Waals surface area contributed by atoms with E-state index in [9.17, 15) is 0 Å². The zero-order valence-corrected chi connectivity index (χ0v) is 9.67. The minimum atomic E-state index is 0.518. The Labute approximate surface area is 92.9 Å². The molecule has 2 N–H and O–H groups in total. The van der Waals surface area contributed by atoms with E-state index in [1.54, 1.807) is 11.3 Å². The second kappa shape index (κ2) is 4.06. The summed E-state index contributed by atoms with van der Waals surface area (Å²) in [6.45, 7) is 4.31. The largest absolute Gasteiger partial charge is 0.381 e. The predicted octanol–water partition coefficient (Wildman–Crippen LogP) is 3.18. The molecule has 0 fully saturated rings. The second-order valence-corrected chi connectivity index (χ2v) is 4.77. The summed E-state index contributed by atoms with van der Waals surface area (Å²) in [5, 5.41) is 7.90. The van der Waals surface area contributed by atoms with Crippen LogP contribution in [0.25, 0.3) is 11.3 Å². The van der Waals surface area contributed by atoms with Crippen molar-refractivity contribution < 1.29 is 4.52 Å². The number of nitrogen functional groups attached to an aromatic ring is 1. The quantitative estimate of drug-likeness (QED) is 0.867. The van der Waals surface area contributed by atoms with Gasteiger partial charge in [0.05, 0.1) is 0 Å². The molecule has 0 aliphatic carbocycles. The third kappa shape index (κ3) is 2.04. The van der Waals surface area contributed by atoms with E-state index >= 15 is 0 Å². The maximum absolute atomic E-state index is 5.79. The van der Waals surface area contributed by atoms with E-state index in [1.165, 1.54) is 0 Å². The number of hydrogen-bond donors (Lipinski definition) is 1. The smallest absolute Gasteiger partial charge is 0.173 e. The van der Waals surface area contributed by atoms with Crippen molar-refractivity contribution in [2.45, 2.75) is 20.3 Å². The number of nitrogens with two attached hydrogens (primary N) is 1. The fraction of sp³-hybridized carbons (Fsp3) is 0.364. The summed E-state index contributed by atoms with van der Waals surface area (Å²) in [5.41, 5.74) is 7.89. The highest BCUT2D eigenvalue weighted by molar-refractivity contribution is 7.08. The molecule has 0 radical (unpaired) electrons. The topological polar surface area (TPSA) is 52.0 Å². The molecule has 0 aliphatic heterocycles. The van der Waals surface area contributed by atoms with Crippen LogP contribution in [0, 0.1) is 5.92 Å². The summed E-state index contributed by atoms with van der Waals surface area (Å²) in [4.78, 5) is 0. The Morgan fingerprint density at radius 1 is 1.53 bits per heavy atom. The lowest BCUT2D eigenvalue weighted by atomic mass is 10.0. The van der Waals surface area contributed by atoms with Crippen LogP contribution in [0.1, 0.15) is 19.4 Å². The molecule has 3 nitrogen and oxygen atoms in total. The monoisotopic (exact) mass is 222 g/mol. The van der Waals surface area contributed by atoms with Crippen molar-refractivity contribution in [2.75, 3.05) is 5.73 Å². The average molecular weight is 222 g/mol. The molecule has 0 atom stereocenters. The molecule has 0 bridgehead atoms. The molecule has 15 heavy (non-hydrogen) atoms. The number of aromatic nitrogens is 1. The lowest BCUT2D eigenvalue weighted by molar-refractivity contribution is 0.434. The van der Waals surface area contributed by atoms with Gasteiger partial charge in [0.1, 0.15) is 0 Å². The van der Waals surface area contributed by atoms with Gasteiger partial charge in [0.15, 0.2) is 11.6 Å². The molecule has 2 aromatic rings. The van der Waals surface area contributed by atoms with Crippen LogP contribution in [-0.2, 0) is 6.42 Å². The molecule has 0 aromatic carbocycles. The van der Waals surface area contributed by atoms with Crippen LogP contribution in [0.2, 0.25) is 0 Å². The van der Waals surface area contributed by atoms with E-state index in [-0.39, 0.29) is 0 Å². The van der Waals surface area contributed by atoms with Crippen LogP contribution in [-0.4, -0.2) is 5.16 Å².